The van der Waals surface area contributed by atoms with Crippen molar-refractivity contribution in [2.24, 2.45) is 4.99 Å². The molecule has 0 atom stereocenters. The van der Waals surface area contributed by atoms with Crippen LogP contribution < -0.4 is 10.6 Å². The molecule has 1 aliphatic rings. The first-order chi connectivity index (χ1) is 6.45. The summed E-state index contributed by atoms with van der Waals surface area (Å²) in [5.74, 6) is 1.06. The Kier molecular flexibility index (Phi) is 4.26. The van der Waals surface area contributed by atoms with E-state index >= 15 is 0 Å². The quantitative estimate of drug-likeness (QED) is 0.796. The van der Waals surface area contributed by atoms with Gasteiger partial charge in [0.2, 0.25) is 0 Å². The minimum Gasteiger partial charge on any atom is -0.378 e. The van der Waals surface area contributed by atoms with E-state index in [0.29, 0.717) is 0 Å². The molecule has 0 bridgehead atoms. The Morgan fingerprint density at radius 3 is 2.71 bits per heavy atom. The maximum Gasteiger partial charge on any atom is 0.116 e. The summed E-state index contributed by atoms with van der Waals surface area (Å²) in [4.78, 5) is 4.29. The third-order valence-corrected chi connectivity index (χ3v) is 1.98. The first-order valence-corrected chi connectivity index (χ1v) is 4.51. The van der Waals surface area contributed by atoms with Crippen LogP contribution >= 0.6 is 12.4 Å². The van der Waals surface area contributed by atoms with Crippen LogP contribution in [0.1, 0.15) is 0 Å². The van der Waals surface area contributed by atoms with E-state index in [4.69, 9.17) is 0 Å². The van der Waals surface area contributed by atoms with Gasteiger partial charge in [0, 0.05) is 12.2 Å². The van der Waals surface area contributed by atoms with Crippen LogP contribution in [0.5, 0.6) is 0 Å². The third-order valence-electron chi connectivity index (χ3n) is 1.98. The van der Waals surface area contributed by atoms with Gasteiger partial charge >= 0.3 is 0 Å². The van der Waals surface area contributed by atoms with Crippen LogP contribution in [0.15, 0.2) is 35.3 Å². The molecule has 1 aromatic carbocycles. The SMILES string of the molecule is Cl.c1ccc(NCC2=NCCN2)cc1. The van der Waals surface area contributed by atoms with Crippen LogP contribution in [0, 0.1) is 0 Å². The third kappa shape index (κ3) is 2.92. The van der Waals surface area contributed by atoms with Crippen molar-refractivity contribution in [1.82, 2.24) is 5.32 Å². The minimum atomic E-state index is 0. The molecule has 1 aromatic rings. The van der Waals surface area contributed by atoms with Gasteiger partial charge in [-0.2, -0.15) is 0 Å². The van der Waals surface area contributed by atoms with Gasteiger partial charge in [0.25, 0.3) is 0 Å². The van der Waals surface area contributed by atoms with Crippen molar-refractivity contribution < 1.29 is 0 Å². The molecule has 0 amide bonds. The van der Waals surface area contributed by atoms with Gasteiger partial charge in [0.05, 0.1) is 13.1 Å². The Hall–Kier alpha value is -1.22. The number of hydrogen-bond donors (Lipinski definition) is 2. The van der Waals surface area contributed by atoms with E-state index < -0.39 is 0 Å². The van der Waals surface area contributed by atoms with Gasteiger partial charge in [-0.3, -0.25) is 4.99 Å². The van der Waals surface area contributed by atoms with Crippen molar-refractivity contribution in [3.8, 4) is 0 Å². The van der Waals surface area contributed by atoms with E-state index in [1.54, 1.807) is 0 Å². The van der Waals surface area contributed by atoms with Crippen molar-refractivity contribution >= 4 is 23.9 Å². The molecule has 2 rings (SSSR count). The van der Waals surface area contributed by atoms with Crippen LogP contribution in [-0.4, -0.2) is 25.5 Å². The summed E-state index contributed by atoms with van der Waals surface area (Å²) in [6.07, 6.45) is 0. The molecule has 3 nitrogen and oxygen atoms in total. The molecule has 4 heteroatoms. The number of nitrogens with one attached hydrogen (secondary N) is 2. The van der Waals surface area contributed by atoms with Gasteiger partial charge in [0.1, 0.15) is 5.84 Å². The molecule has 1 heterocycles. The Balaban J connectivity index is 0.000000980. The highest BCUT2D eigenvalue weighted by Gasteiger charge is 2.02. The molecule has 0 aliphatic carbocycles. The summed E-state index contributed by atoms with van der Waals surface area (Å²) < 4.78 is 0. The number of anilines is 1. The summed E-state index contributed by atoms with van der Waals surface area (Å²) in [7, 11) is 0. The van der Waals surface area contributed by atoms with Crippen molar-refractivity contribution in [3.63, 3.8) is 0 Å². The molecule has 76 valence electrons. The zero-order valence-electron chi connectivity index (χ0n) is 7.86. The van der Waals surface area contributed by atoms with E-state index in [-0.39, 0.29) is 12.4 Å². The fraction of sp³-hybridized carbons (Fsp3) is 0.300. The lowest BCUT2D eigenvalue weighted by Gasteiger charge is -2.05. The number of aliphatic imine (C=N–C) groups is 1. The Labute approximate surface area is 90.0 Å². The number of benzene rings is 1. The highest BCUT2D eigenvalue weighted by atomic mass is 35.5. The fourth-order valence-corrected chi connectivity index (χ4v) is 1.31. The number of amidine groups is 1. The first kappa shape index (κ1) is 10.9. The van der Waals surface area contributed by atoms with Crippen molar-refractivity contribution in [2.75, 3.05) is 25.0 Å². The number of nitrogens with zero attached hydrogens (tertiary/aromatic N) is 1. The van der Waals surface area contributed by atoms with Crippen molar-refractivity contribution in [2.45, 2.75) is 0 Å². The lowest BCUT2D eigenvalue weighted by molar-refractivity contribution is 0.956. The van der Waals surface area contributed by atoms with E-state index in [9.17, 15) is 0 Å². The predicted molar refractivity (Wildman–Crippen MR) is 62.5 cm³/mol. The summed E-state index contributed by atoms with van der Waals surface area (Å²) in [5.41, 5.74) is 1.14. The molecule has 14 heavy (non-hydrogen) atoms. The number of para-hydroxylation sites is 1. The summed E-state index contributed by atoms with van der Waals surface area (Å²) >= 11 is 0. The van der Waals surface area contributed by atoms with Crippen LogP contribution in [0.25, 0.3) is 0 Å². The second-order valence-corrected chi connectivity index (χ2v) is 2.97. The molecular weight excluding hydrogens is 198 g/mol. The molecule has 0 aromatic heterocycles. The van der Waals surface area contributed by atoms with E-state index in [1.165, 1.54) is 0 Å². The maximum atomic E-state index is 4.29. The Morgan fingerprint density at radius 1 is 1.29 bits per heavy atom. The summed E-state index contributed by atoms with van der Waals surface area (Å²) in [5, 5.41) is 6.51. The van der Waals surface area contributed by atoms with E-state index in [2.05, 4.69) is 27.8 Å². The molecule has 0 unspecified atom stereocenters. The molecule has 2 N–H and O–H groups in total. The minimum absolute atomic E-state index is 0. The first-order valence-electron chi connectivity index (χ1n) is 4.51. The van der Waals surface area contributed by atoms with E-state index in [0.717, 1.165) is 31.2 Å². The van der Waals surface area contributed by atoms with Crippen LogP contribution in [0.3, 0.4) is 0 Å². The lowest BCUT2D eigenvalue weighted by atomic mass is 10.3. The number of hydrogen-bond acceptors (Lipinski definition) is 3. The molecule has 0 spiro atoms. The predicted octanol–water partition coefficient (Wildman–Crippen LogP) is 1.52. The number of halogens is 1. The van der Waals surface area contributed by atoms with Crippen LogP contribution in [-0.2, 0) is 0 Å². The van der Waals surface area contributed by atoms with Crippen LogP contribution in [0.2, 0.25) is 0 Å². The standard InChI is InChI=1S/C10H13N3.ClH/c1-2-4-9(5-3-1)13-8-10-11-6-7-12-10;/h1-5,13H,6-8H2,(H,11,12);1H. The fourth-order valence-electron chi connectivity index (χ4n) is 1.31. The second-order valence-electron chi connectivity index (χ2n) is 2.97. The van der Waals surface area contributed by atoms with Crippen LogP contribution in [0.4, 0.5) is 5.69 Å². The summed E-state index contributed by atoms with van der Waals surface area (Å²) in [6.45, 7) is 2.68. The average molecular weight is 212 g/mol. The van der Waals surface area contributed by atoms with Gasteiger partial charge in [-0.25, -0.2) is 0 Å². The zero-order valence-corrected chi connectivity index (χ0v) is 8.68. The molecule has 0 radical (unpaired) electrons. The Morgan fingerprint density at radius 2 is 2.07 bits per heavy atom. The van der Waals surface area contributed by atoms with Crippen molar-refractivity contribution in [3.05, 3.63) is 30.3 Å². The highest BCUT2D eigenvalue weighted by Crippen LogP contribution is 2.03. The normalized spacial score (nSPS) is 13.9. The van der Waals surface area contributed by atoms with Gasteiger partial charge in [-0.05, 0) is 12.1 Å². The molecule has 1 aliphatic heterocycles. The topological polar surface area (TPSA) is 36.4 Å². The highest BCUT2D eigenvalue weighted by molar-refractivity contribution is 5.87. The number of rotatable bonds is 3. The van der Waals surface area contributed by atoms with Gasteiger partial charge < -0.3 is 10.6 Å². The zero-order chi connectivity index (χ0) is 8.93. The van der Waals surface area contributed by atoms with Gasteiger partial charge in [-0.15, -0.1) is 12.4 Å². The monoisotopic (exact) mass is 211 g/mol. The molecule has 0 saturated heterocycles. The summed E-state index contributed by atoms with van der Waals surface area (Å²) in [6, 6.07) is 10.2. The maximum absolute atomic E-state index is 4.29. The largest absolute Gasteiger partial charge is 0.378 e. The second kappa shape index (κ2) is 5.50. The van der Waals surface area contributed by atoms with Gasteiger partial charge in [0.15, 0.2) is 0 Å². The average Bonchev–Trinajstić information content (AvgIpc) is 2.69. The van der Waals surface area contributed by atoms with E-state index in [1.807, 2.05) is 18.2 Å². The lowest BCUT2D eigenvalue weighted by Crippen LogP contribution is -2.25. The molecular formula is C10H14ClN3. The Bertz CT molecular complexity index is 297. The smallest absolute Gasteiger partial charge is 0.116 e. The van der Waals surface area contributed by atoms with Gasteiger partial charge in [-0.1, -0.05) is 18.2 Å². The molecule has 0 saturated carbocycles. The van der Waals surface area contributed by atoms with Crippen molar-refractivity contribution in [1.29, 1.82) is 0 Å². The molecule has 0 fully saturated rings.